The Hall–Kier alpha value is -7.22. The Labute approximate surface area is 320 Å². The fourth-order valence-corrected chi connectivity index (χ4v) is 8.84. The van der Waals surface area contributed by atoms with E-state index in [0.29, 0.717) is 0 Å². The summed E-state index contributed by atoms with van der Waals surface area (Å²) >= 11 is 0. The van der Waals surface area contributed by atoms with E-state index in [1.165, 1.54) is 104 Å². The standard InChI is InChI=1S/C54H35N/c1-4-16-36(17-5-1)40-32-41(37-18-6-2-7-19-37)34-42(33-40)38-28-30-39(31-29-38)49-35-50-45-23-11-13-25-47(45)54-53(52(50)46-24-12-10-22-44(46)49)48-26-14-15-27-51(48)55(54)43-20-8-3-9-21-43/h1-35H. The Morgan fingerprint density at radius 1 is 0.255 bits per heavy atom. The van der Waals surface area contributed by atoms with Gasteiger partial charge in [0, 0.05) is 27.2 Å². The highest BCUT2D eigenvalue weighted by atomic mass is 15.0. The van der Waals surface area contributed by atoms with Crippen molar-refractivity contribution in [3.63, 3.8) is 0 Å². The average molecular weight is 698 g/mol. The first-order chi connectivity index (χ1) is 27.3. The molecule has 1 aromatic heterocycles. The molecule has 0 aliphatic rings. The molecule has 0 bridgehead atoms. The van der Waals surface area contributed by atoms with Gasteiger partial charge in [0.25, 0.3) is 0 Å². The minimum atomic E-state index is 1.17. The van der Waals surface area contributed by atoms with E-state index in [-0.39, 0.29) is 0 Å². The minimum Gasteiger partial charge on any atom is -0.309 e. The van der Waals surface area contributed by atoms with Crippen LogP contribution in [-0.4, -0.2) is 4.57 Å². The Morgan fingerprint density at radius 3 is 1.33 bits per heavy atom. The smallest absolute Gasteiger partial charge is 0.0626 e. The van der Waals surface area contributed by atoms with Crippen molar-refractivity contribution < 1.29 is 0 Å². The second-order valence-electron chi connectivity index (χ2n) is 14.5. The van der Waals surface area contributed by atoms with Crippen LogP contribution in [0.1, 0.15) is 0 Å². The van der Waals surface area contributed by atoms with E-state index >= 15 is 0 Å². The van der Waals surface area contributed by atoms with E-state index in [4.69, 9.17) is 0 Å². The van der Waals surface area contributed by atoms with Gasteiger partial charge < -0.3 is 4.57 Å². The van der Waals surface area contributed by atoms with Crippen molar-refractivity contribution in [1.82, 2.24) is 4.57 Å². The monoisotopic (exact) mass is 697 g/mol. The van der Waals surface area contributed by atoms with Crippen LogP contribution < -0.4 is 0 Å². The molecule has 0 N–H and O–H groups in total. The molecule has 0 spiro atoms. The zero-order valence-electron chi connectivity index (χ0n) is 30.2. The van der Waals surface area contributed by atoms with Gasteiger partial charge in [-0.05, 0) is 109 Å². The van der Waals surface area contributed by atoms with Gasteiger partial charge in [0.05, 0.1) is 11.0 Å². The fraction of sp³-hybridized carbons (Fsp3) is 0. The molecule has 0 amide bonds. The van der Waals surface area contributed by atoms with Gasteiger partial charge in [0.2, 0.25) is 0 Å². The van der Waals surface area contributed by atoms with E-state index in [0.717, 1.165) is 0 Å². The maximum absolute atomic E-state index is 2.46. The molecule has 0 aliphatic heterocycles. The van der Waals surface area contributed by atoms with Gasteiger partial charge in [-0.25, -0.2) is 0 Å². The number of benzene rings is 10. The molecular weight excluding hydrogens is 663 g/mol. The van der Waals surface area contributed by atoms with Crippen LogP contribution in [0, 0.1) is 0 Å². The van der Waals surface area contributed by atoms with E-state index < -0.39 is 0 Å². The van der Waals surface area contributed by atoms with Crippen LogP contribution in [0.3, 0.4) is 0 Å². The van der Waals surface area contributed by atoms with Crippen LogP contribution in [0.15, 0.2) is 212 Å². The lowest BCUT2D eigenvalue weighted by atomic mass is 9.88. The van der Waals surface area contributed by atoms with Gasteiger partial charge in [-0.15, -0.1) is 0 Å². The molecule has 0 aliphatic carbocycles. The molecule has 0 unspecified atom stereocenters. The molecule has 1 heterocycles. The summed E-state index contributed by atoms with van der Waals surface area (Å²) in [5, 5.41) is 10.2. The largest absolute Gasteiger partial charge is 0.309 e. The zero-order chi connectivity index (χ0) is 36.3. The molecule has 0 fully saturated rings. The second kappa shape index (κ2) is 12.7. The van der Waals surface area contributed by atoms with Gasteiger partial charge in [0.1, 0.15) is 0 Å². The Morgan fingerprint density at radius 2 is 0.709 bits per heavy atom. The van der Waals surface area contributed by atoms with E-state index in [1.807, 2.05) is 0 Å². The lowest BCUT2D eigenvalue weighted by Gasteiger charge is -2.16. The normalized spacial score (nSPS) is 11.6. The number of para-hydroxylation sites is 2. The van der Waals surface area contributed by atoms with Gasteiger partial charge in [-0.1, -0.05) is 170 Å². The third-order valence-corrected chi connectivity index (χ3v) is 11.3. The van der Waals surface area contributed by atoms with Crippen molar-refractivity contribution in [1.29, 1.82) is 0 Å². The van der Waals surface area contributed by atoms with Crippen molar-refractivity contribution in [3.05, 3.63) is 212 Å². The van der Waals surface area contributed by atoms with E-state index in [2.05, 4.69) is 217 Å². The topological polar surface area (TPSA) is 4.93 Å². The highest BCUT2D eigenvalue weighted by Gasteiger charge is 2.21. The molecule has 10 aromatic carbocycles. The number of rotatable bonds is 5. The third-order valence-electron chi connectivity index (χ3n) is 11.3. The van der Waals surface area contributed by atoms with Gasteiger partial charge >= 0.3 is 0 Å². The van der Waals surface area contributed by atoms with Crippen molar-refractivity contribution >= 4 is 54.1 Å². The number of hydrogen-bond donors (Lipinski definition) is 0. The minimum absolute atomic E-state index is 1.17. The third kappa shape index (κ3) is 5.09. The summed E-state index contributed by atoms with van der Waals surface area (Å²) in [5.41, 5.74) is 13.4. The SMILES string of the molecule is c1ccc(-c2cc(-c3ccccc3)cc(-c3ccc(-c4cc5c6ccccc6c6c(c7ccccc7n6-c6ccccc6)c5c5ccccc45)cc3)c2)cc1. The molecule has 11 rings (SSSR count). The lowest BCUT2D eigenvalue weighted by Crippen LogP contribution is -1.94. The molecule has 1 heteroatoms. The summed E-state index contributed by atoms with van der Waals surface area (Å²) in [7, 11) is 0. The van der Waals surface area contributed by atoms with Crippen molar-refractivity contribution in [2.75, 3.05) is 0 Å². The van der Waals surface area contributed by atoms with Crippen LogP contribution in [0.5, 0.6) is 0 Å². The summed E-state index contributed by atoms with van der Waals surface area (Å²) in [6.45, 7) is 0. The van der Waals surface area contributed by atoms with Crippen molar-refractivity contribution in [2.24, 2.45) is 0 Å². The number of aromatic nitrogens is 1. The predicted molar refractivity (Wildman–Crippen MR) is 235 cm³/mol. The average Bonchev–Trinajstić information content (AvgIpc) is 3.62. The maximum atomic E-state index is 2.46. The van der Waals surface area contributed by atoms with E-state index in [9.17, 15) is 0 Å². The van der Waals surface area contributed by atoms with Crippen LogP contribution in [0.2, 0.25) is 0 Å². The quantitative estimate of drug-likeness (QED) is 0.158. The van der Waals surface area contributed by atoms with Crippen LogP contribution in [0.4, 0.5) is 0 Å². The first-order valence-electron chi connectivity index (χ1n) is 19.0. The first-order valence-corrected chi connectivity index (χ1v) is 19.0. The summed E-state index contributed by atoms with van der Waals surface area (Å²) in [5.74, 6) is 0. The molecule has 1 nitrogen and oxygen atoms in total. The highest BCUT2D eigenvalue weighted by molar-refractivity contribution is 6.38. The van der Waals surface area contributed by atoms with E-state index in [1.54, 1.807) is 0 Å². The molecule has 0 saturated heterocycles. The van der Waals surface area contributed by atoms with Gasteiger partial charge in [-0.2, -0.15) is 0 Å². The molecule has 0 atom stereocenters. The predicted octanol–water partition coefficient (Wildman–Crippen LogP) is 14.9. The summed E-state index contributed by atoms with van der Waals surface area (Å²) in [6.07, 6.45) is 0. The van der Waals surface area contributed by atoms with Gasteiger partial charge in [-0.3, -0.25) is 0 Å². The molecule has 256 valence electrons. The van der Waals surface area contributed by atoms with Crippen LogP contribution >= 0.6 is 0 Å². The van der Waals surface area contributed by atoms with Crippen LogP contribution in [-0.2, 0) is 0 Å². The van der Waals surface area contributed by atoms with Gasteiger partial charge in [0.15, 0.2) is 0 Å². The maximum Gasteiger partial charge on any atom is 0.0626 e. The summed E-state index contributed by atoms with van der Waals surface area (Å²) in [6, 6.07) is 77.6. The van der Waals surface area contributed by atoms with Crippen molar-refractivity contribution in [2.45, 2.75) is 0 Å². The number of hydrogen-bond acceptors (Lipinski definition) is 0. The fourth-order valence-electron chi connectivity index (χ4n) is 8.84. The molecule has 11 aromatic rings. The Kier molecular flexibility index (Phi) is 7.25. The molecule has 0 radical (unpaired) electrons. The van der Waals surface area contributed by atoms with Crippen LogP contribution in [0.25, 0.3) is 104 Å². The molecular formula is C54H35N. The Bertz CT molecular complexity index is 3150. The summed E-state index contributed by atoms with van der Waals surface area (Å²) < 4.78 is 2.46. The number of fused-ring (bicyclic) bond motifs is 10. The second-order valence-corrected chi connectivity index (χ2v) is 14.5. The number of nitrogens with zero attached hydrogens (tertiary/aromatic N) is 1. The molecule has 0 saturated carbocycles. The van der Waals surface area contributed by atoms with Crippen molar-refractivity contribution in [3.8, 4) is 50.2 Å². The zero-order valence-corrected chi connectivity index (χ0v) is 30.2. The Balaban J connectivity index is 1.14. The summed E-state index contributed by atoms with van der Waals surface area (Å²) in [4.78, 5) is 0. The molecule has 55 heavy (non-hydrogen) atoms. The first kappa shape index (κ1) is 31.3. The highest BCUT2D eigenvalue weighted by Crippen LogP contribution is 2.47. The lowest BCUT2D eigenvalue weighted by molar-refractivity contribution is 1.19.